The van der Waals surface area contributed by atoms with Gasteiger partial charge in [-0.05, 0) is 43.2 Å². The first-order valence-electron chi connectivity index (χ1n) is 12.3. The Morgan fingerprint density at radius 1 is 1.05 bits per heavy atom. The van der Waals surface area contributed by atoms with Gasteiger partial charge in [-0.15, -0.1) is 0 Å². The number of esters is 1. The molecule has 210 valence electrons. The van der Waals surface area contributed by atoms with Gasteiger partial charge < -0.3 is 10.1 Å². The lowest BCUT2D eigenvalue weighted by Crippen LogP contribution is -2.25. The van der Waals surface area contributed by atoms with Crippen LogP contribution in [0.5, 0.6) is 0 Å². The van der Waals surface area contributed by atoms with E-state index in [1.54, 1.807) is 24.4 Å². The summed E-state index contributed by atoms with van der Waals surface area (Å²) < 4.78 is 37.1. The number of benzene rings is 1. The molecule has 0 saturated carbocycles. The topological polar surface area (TPSA) is 177 Å². The van der Waals surface area contributed by atoms with Crippen LogP contribution < -0.4 is 10.7 Å². The highest BCUT2D eigenvalue weighted by Gasteiger charge is 2.23. The van der Waals surface area contributed by atoms with E-state index < -0.39 is 22.0 Å². The maximum Gasteiger partial charge on any atom is 0.309 e. The highest BCUT2D eigenvalue weighted by atomic mass is 32.2. The standard InChI is InChI=1S/C27H29N5O7S/c1-39-27(35)19(7-4-5-14-29-26(34)22-9-6-13-28-16-22)15-23(33)20-11-12-25(30-17-20)32-31-18-21-8-2-3-10-24(21)40(36,37)38/h2-3,6,8-13,16-19H,4-5,7,14-15H2,1H3,(H,29,34)(H,30,32)(H,36,37,38). The molecule has 1 amide bonds. The minimum Gasteiger partial charge on any atom is -0.469 e. The van der Waals surface area contributed by atoms with E-state index in [0.717, 1.165) is 0 Å². The highest BCUT2D eigenvalue weighted by molar-refractivity contribution is 7.86. The molecular formula is C27H29N5O7S. The van der Waals surface area contributed by atoms with Crippen molar-refractivity contribution in [1.29, 1.82) is 0 Å². The third-order valence-electron chi connectivity index (χ3n) is 5.82. The quantitative estimate of drug-likeness (QED) is 0.0655. The summed E-state index contributed by atoms with van der Waals surface area (Å²) in [4.78, 5) is 44.9. The molecule has 3 N–H and O–H groups in total. The molecule has 1 atom stereocenters. The molecule has 13 heteroatoms. The molecule has 2 aromatic heterocycles. The lowest BCUT2D eigenvalue weighted by molar-refractivity contribution is -0.145. The average Bonchev–Trinajstić information content (AvgIpc) is 2.96. The Hall–Kier alpha value is -4.49. The zero-order valence-electron chi connectivity index (χ0n) is 21.7. The molecule has 0 aliphatic rings. The highest BCUT2D eigenvalue weighted by Crippen LogP contribution is 2.19. The summed E-state index contributed by atoms with van der Waals surface area (Å²) in [5.41, 5.74) is 3.56. The minimum atomic E-state index is -4.41. The monoisotopic (exact) mass is 567 g/mol. The Balaban J connectivity index is 1.50. The molecule has 1 aromatic carbocycles. The van der Waals surface area contributed by atoms with Crippen LogP contribution in [-0.4, -0.2) is 60.5 Å². The van der Waals surface area contributed by atoms with E-state index in [0.29, 0.717) is 36.9 Å². The van der Waals surface area contributed by atoms with Crippen molar-refractivity contribution in [2.75, 3.05) is 19.1 Å². The number of unbranched alkanes of at least 4 members (excludes halogenated alkanes) is 1. The van der Waals surface area contributed by atoms with E-state index in [9.17, 15) is 27.4 Å². The van der Waals surface area contributed by atoms with Crippen LogP contribution in [0.2, 0.25) is 0 Å². The Morgan fingerprint density at radius 3 is 2.52 bits per heavy atom. The number of pyridine rings is 2. The smallest absolute Gasteiger partial charge is 0.309 e. The van der Waals surface area contributed by atoms with Gasteiger partial charge in [-0.1, -0.05) is 24.6 Å². The molecule has 1 unspecified atom stereocenters. The normalized spacial score (nSPS) is 12.1. The fraction of sp³-hybridized carbons (Fsp3) is 0.259. The molecule has 0 saturated heterocycles. The number of anilines is 1. The molecule has 0 spiro atoms. The van der Waals surface area contributed by atoms with E-state index in [-0.39, 0.29) is 34.4 Å². The SMILES string of the molecule is COC(=O)C(CCCCNC(=O)c1cccnc1)CC(=O)c1ccc(NN=Cc2ccccc2S(=O)(=O)O)nc1. The van der Waals surface area contributed by atoms with Gasteiger partial charge >= 0.3 is 5.97 Å². The zero-order valence-corrected chi connectivity index (χ0v) is 22.5. The molecule has 0 radical (unpaired) electrons. The second kappa shape index (κ2) is 14.6. The van der Waals surface area contributed by atoms with E-state index in [1.807, 2.05) is 0 Å². The van der Waals surface area contributed by atoms with E-state index in [1.165, 1.54) is 56.0 Å². The second-order valence-corrected chi connectivity index (χ2v) is 10.0. The summed E-state index contributed by atoms with van der Waals surface area (Å²) in [7, 11) is -3.14. The molecular weight excluding hydrogens is 538 g/mol. The second-order valence-electron chi connectivity index (χ2n) is 8.66. The molecule has 3 rings (SSSR count). The van der Waals surface area contributed by atoms with Crippen LogP contribution in [0.4, 0.5) is 5.82 Å². The van der Waals surface area contributed by atoms with Crippen molar-refractivity contribution >= 4 is 39.8 Å². The Morgan fingerprint density at radius 2 is 1.85 bits per heavy atom. The van der Waals surface area contributed by atoms with Crippen molar-refractivity contribution in [3.8, 4) is 0 Å². The molecule has 0 bridgehead atoms. The van der Waals surface area contributed by atoms with Gasteiger partial charge in [0, 0.05) is 42.7 Å². The van der Waals surface area contributed by atoms with Gasteiger partial charge in [-0.3, -0.25) is 29.3 Å². The van der Waals surface area contributed by atoms with Crippen molar-refractivity contribution < 1.29 is 32.1 Å². The zero-order chi connectivity index (χ0) is 29.0. The van der Waals surface area contributed by atoms with Gasteiger partial charge in [0.2, 0.25) is 0 Å². The molecule has 40 heavy (non-hydrogen) atoms. The number of methoxy groups -OCH3 is 1. The van der Waals surface area contributed by atoms with E-state index >= 15 is 0 Å². The van der Waals surface area contributed by atoms with Crippen LogP contribution in [0.3, 0.4) is 0 Å². The number of nitrogens with zero attached hydrogens (tertiary/aromatic N) is 3. The number of ketones is 1. The third-order valence-corrected chi connectivity index (χ3v) is 6.75. The van der Waals surface area contributed by atoms with Crippen molar-refractivity contribution in [2.24, 2.45) is 11.0 Å². The number of amides is 1. The summed E-state index contributed by atoms with van der Waals surface area (Å²) in [5, 5.41) is 6.73. The number of rotatable bonds is 14. The number of Topliss-reactive ketones (excluding diaryl/α,β-unsaturated/α-hetero) is 1. The van der Waals surface area contributed by atoms with Gasteiger partial charge in [-0.2, -0.15) is 13.5 Å². The largest absolute Gasteiger partial charge is 0.469 e. The van der Waals surface area contributed by atoms with Gasteiger partial charge in [0.25, 0.3) is 16.0 Å². The van der Waals surface area contributed by atoms with Crippen LogP contribution >= 0.6 is 0 Å². The number of hydrogen-bond acceptors (Lipinski definition) is 10. The fourth-order valence-electron chi connectivity index (χ4n) is 3.74. The maximum atomic E-state index is 12.8. The molecule has 0 aliphatic heterocycles. The fourth-order valence-corrected chi connectivity index (χ4v) is 4.41. The van der Waals surface area contributed by atoms with Crippen LogP contribution in [0, 0.1) is 5.92 Å². The summed E-state index contributed by atoms with van der Waals surface area (Å²) in [6, 6.07) is 12.2. The Kier molecular flexibility index (Phi) is 11.0. The predicted octanol–water partition coefficient (Wildman–Crippen LogP) is 3.13. The van der Waals surface area contributed by atoms with Gasteiger partial charge in [0.15, 0.2) is 5.78 Å². The number of hydrazone groups is 1. The molecule has 3 aromatic rings. The number of ether oxygens (including phenoxy) is 1. The molecule has 0 aliphatic carbocycles. The van der Waals surface area contributed by atoms with E-state index in [4.69, 9.17) is 4.74 Å². The number of carbonyl (C=O) groups excluding carboxylic acids is 3. The number of carbonyl (C=O) groups is 3. The number of nitrogens with one attached hydrogen (secondary N) is 2. The van der Waals surface area contributed by atoms with Crippen molar-refractivity contribution in [2.45, 2.75) is 30.6 Å². The predicted molar refractivity (Wildman–Crippen MR) is 147 cm³/mol. The molecule has 0 fully saturated rings. The van der Waals surface area contributed by atoms with E-state index in [2.05, 4.69) is 25.8 Å². The summed E-state index contributed by atoms with van der Waals surface area (Å²) in [5.74, 6) is -1.36. The Labute approximate surface area is 231 Å². The number of hydrogen-bond donors (Lipinski definition) is 3. The van der Waals surface area contributed by atoms with Crippen molar-refractivity contribution in [3.05, 3.63) is 83.8 Å². The summed E-state index contributed by atoms with van der Waals surface area (Å²) in [6.07, 6.45) is 7.18. The maximum absolute atomic E-state index is 12.8. The van der Waals surface area contributed by atoms with Crippen LogP contribution in [0.1, 0.15) is 52.0 Å². The van der Waals surface area contributed by atoms with Crippen LogP contribution in [0.15, 0.2) is 77.1 Å². The Bertz CT molecular complexity index is 1450. The van der Waals surface area contributed by atoms with Gasteiger partial charge in [0.1, 0.15) is 10.7 Å². The van der Waals surface area contributed by atoms with Crippen LogP contribution in [0.25, 0.3) is 0 Å². The number of aromatic nitrogens is 2. The van der Waals surface area contributed by atoms with Crippen molar-refractivity contribution in [1.82, 2.24) is 15.3 Å². The first-order chi connectivity index (χ1) is 19.2. The van der Waals surface area contributed by atoms with Crippen molar-refractivity contribution in [3.63, 3.8) is 0 Å². The summed E-state index contributed by atoms with van der Waals surface area (Å²) in [6.45, 7) is 0.415. The minimum absolute atomic E-state index is 0.0618. The lowest BCUT2D eigenvalue weighted by Gasteiger charge is -2.14. The third kappa shape index (κ3) is 9.06. The average molecular weight is 568 g/mol. The first-order valence-corrected chi connectivity index (χ1v) is 13.7. The summed E-state index contributed by atoms with van der Waals surface area (Å²) >= 11 is 0. The first kappa shape index (κ1) is 30.1. The molecule has 2 heterocycles. The lowest BCUT2D eigenvalue weighted by atomic mass is 9.94. The van der Waals surface area contributed by atoms with Crippen LogP contribution in [-0.2, 0) is 19.6 Å². The molecule has 12 nitrogen and oxygen atoms in total. The van der Waals surface area contributed by atoms with Gasteiger partial charge in [-0.25, -0.2) is 4.98 Å². The van der Waals surface area contributed by atoms with Gasteiger partial charge in [0.05, 0.1) is 24.8 Å².